The van der Waals surface area contributed by atoms with Crippen molar-refractivity contribution in [3.05, 3.63) is 51.8 Å². The molecule has 0 atom stereocenters. The molecule has 0 unspecified atom stereocenters. The summed E-state index contributed by atoms with van der Waals surface area (Å²) in [6, 6.07) is 4.73. The van der Waals surface area contributed by atoms with Crippen molar-refractivity contribution in [3.63, 3.8) is 0 Å². The van der Waals surface area contributed by atoms with Gasteiger partial charge in [-0.1, -0.05) is 11.6 Å². The molecule has 4 rings (SSSR count). The maximum absolute atomic E-state index is 13.8. The summed E-state index contributed by atoms with van der Waals surface area (Å²) in [5, 5.41) is 3.28. The largest absolute Gasteiger partial charge is 0.347 e. The van der Waals surface area contributed by atoms with E-state index in [-0.39, 0.29) is 34.5 Å². The van der Waals surface area contributed by atoms with E-state index in [2.05, 4.69) is 15.3 Å². The summed E-state index contributed by atoms with van der Waals surface area (Å²) in [6.45, 7) is 5.90. The van der Waals surface area contributed by atoms with Gasteiger partial charge in [0.05, 0.1) is 16.1 Å². The van der Waals surface area contributed by atoms with Gasteiger partial charge in [0.1, 0.15) is 5.82 Å². The zero-order valence-corrected chi connectivity index (χ0v) is 18.7. The molecule has 1 aromatic heterocycles. The van der Waals surface area contributed by atoms with Gasteiger partial charge < -0.3 is 10.2 Å². The van der Waals surface area contributed by atoms with Crippen LogP contribution in [0, 0.1) is 32.0 Å². The van der Waals surface area contributed by atoms with Crippen molar-refractivity contribution in [1.29, 1.82) is 0 Å². The predicted molar refractivity (Wildman–Crippen MR) is 117 cm³/mol. The lowest BCUT2D eigenvalue weighted by Crippen LogP contribution is -2.44. The zero-order valence-electron chi connectivity index (χ0n) is 18.0. The fraction of sp³-hybridized carbons (Fsp3) is 0.478. The molecule has 0 radical (unpaired) electrons. The number of aryl methyl sites for hydroxylation is 3. The number of carbonyl (C=O) groups excluding carboxylic acids is 2. The molecule has 1 saturated heterocycles. The van der Waals surface area contributed by atoms with Gasteiger partial charge in [0.2, 0.25) is 11.7 Å². The molecule has 1 saturated carbocycles. The second-order valence-corrected chi connectivity index (χ2v) is 9.17. The first-order valence-electron chi connectivity index (χ1n) is 10.6. The Bertz CT molecular complexity index is 1030. The average molecular weight is 445 g/mol. The molecule has 2 aromatic rings. The predicted octanol–water partition coefficient (Wildman–Crippen LogP) is 4.29. The quantitative estimate of drug-likeness (QED) is 0.766. The summed E-state index contributed by atoms with van der Waals surface area (Å²) in [5.74, 6) is -0.426. The summed E-state index contributed by atoms with van der Waals surface area (Å²) < 4.78 is 13.8. The highest BCUT2D eigenvalue weighted by molar-refractivity contribution is 6.34. The van der Waals surface area contributed by atoms with E-state index < -0.39 is 5.41 Å². The van der Waals surface area contributed by atoms with Gasteiger partial charge in [0.15, 0.2) is 0 Å². The highest BCUT2D eigenvalue weighted by atomic mass is 35.5. The van der Waals surface area contributed by atoms with Gasteiger partial charge in [0, 0.05) is 24.0 Å². The maximum atomic E-state index is 13.8. The number of nitrogens with zero attached hydrogens (tertiary/aromatic N) is 3. The van der Waals surface area contributed by atoms with Crippen molar-refractivity contribution in [2.75, 3.05) is 11.4 Å². The van der Waals surface area contributed by atoms with Crippen LogP contribution in [0.1, 0.15) is 59.7 Å². The van der Waals surface area contributed by atoms with Crippen molar-refractivity contribution in [3.8, 4) is 0 Å². The summed E-state index contributed by atoms with van der Waals surface area (Å²) in [6.07, 6.45) is 3.55. The lowest BCUT2D eigenvalue weighted by molar-refractivity contribution is -0.127. The number of amides is 2. The summed E-state index contributed by atoms with van der Waals surface area (Å²) >= 11 is 6.24. The maximum Gasteiger partial charge on any atom is 0.289 e. The molecule has 1 aromatic carbocycles. The Balaban J connectivity index is 1.42. The second-order valence-electron chi connectivity index (χ2n) is 8.76. The van der Waals surface area contributed by atoms with Crippen LogP contribution in [-0.2, 0) is 4.79 Å². The third-order valence-electron chi connectivity index (χ3n) is 6.49. The normalized spacial score (nSPS) is 23.5. The molecule has 1 N–H and O–H groups in total. The molecule has 1 aliphatic heterocycles. The third kappa shape index (κ3) is 4.15. The van der Waals surface area contributed by atoms with Crippen LogP contribution in [0.5, 0.6) is 0 Å². The average Bonchev–Trinajstić information content (AvgIpc) is 3.02. The molecule has 164 valence electrons. The first-order chi connectivity index (χ1) is 14.7. The second kappa shape index (κ2) is 8.19. The van der Waals surface area contributed by atoms with Crippen LogP contribution in [0.3, 0.4) is 0 Å². The van der Waals surface area contributed by atoms with Gasteiger partial charge in [-0.2, -0.15) is 0 Å². The molecule has 2 amide bonds. The molecular formula is C23H26ClFN4O2. The van der Waals surface area contributed by atoms with E-state index in [1.54, 1.807) is 17.9 Å². The van der Waals surface area contributed by atoms with Gasteiger partial charge in [-0.15, -0.1) is 0 Å². The number of aromatic nitrogens is 2. The summed E-state index contributed by atoms with van der Waals surface area (Å²) in [5.41, 5.74) is 2.11. The molecule has 2 aliphatic rings. The van der Waals surface area contributed by atoms with E-state index in [1.807, 2.05) is 19.9 Å². The number of benzene rings is 1. The molecule has 1 spiro atoms. The number of hydrogen-bond acceptors (Lipinski definition) is 4. The van der Waals surface area contributed by atoms with E-state index in [1.165, 1.54) is 6.07 Å². The van der Waals surface area contributed by atoms with Crippen LogP contribution in [0.2, 0.25) is 5.02 Å². The molecule has 0 bridgehead atoms. The van der Waals surface area contributed by atoms with Crippen molar-refractivity contribution in [2.24, 2.45) is 5.41 Å². The van der Waals surface area contributed by atoms with Gasteiger partial charge >= 0.3 is 0 Å². The Morgan fingerprint density at radius 3 is 2.42 bits per heavy atom. The Morgan fingerprint density at radius 1 is 1.13 bits per heavy atom. The third-order valence-corrected chi connectivity index (χ3v) is 6.80. The topological polar surface area (TPSA) is 75.2 Å². The Labute approximate surface area is 186 Å². The molecule has 8 heteroatoms. The van der Waals surface area contributed by atoms with E-state index in [4.69, 9.17) is 11.6 Å². The Hall–Kier alpha value is -2.54. The summed E-state index contributed by atoms with van der Waals surface area (Å²) in [4.78, 5) is 36.0. The Kier molecular flexibility index (Phi) is 5.73. The molecule has 2 heterocycles. The minimum absolute atomic E-state index is 0.0129. The standard InChI is InChI=1S/C23H26ClFN4O2/c1-13-10-19(17(24)12-18(13)25)29-9-8-23(22(29)31)6-4-16(5-7-23)28-21(30)20-26-14(2)11-15(3)27-20/h10-12,16H,4-9H2,1-3H3,(H,28,30)/t16-,23-. The van der Waals surface area contributed by atoms with Crippen LogP contribution in [0.4, 0.5) is 10.1 Å². The molecule has 2 fully saturated rings. The Morgan fingerprint density at radius 2 is 1.77 bits per heavy atom. The van der Waals surface area contributed by atoms with Crippen molar-refractivity contribution in [2.45, 2.75) is 58.9 Å². The fourth-order valence-corrected chi connectivity index (χ4v) is 5.01. The molecule has 31 heavy (non-hydrogen) atoms. The minimum atomic E-state index is -0.441. The smallest absolute Gasteiger partial charge is 0.289 e. The monoisotopic (exact) mass is 444 g/mol. The number of halogens is 2. The molecule has 1 aliphatic carbocycles. The minimum Gasteiger partial charge on any atom is -0.347 e. The number of nitrogens with one attached hydrogen (secondary N) is 1. The van der Waals surface area contributed by atoms with E-state index in [0.29, 0.717) is 43.5 Å². The number of hydrogen-bond donors (Lipinski definition) is 1. The molecule has 6 nitrogen and oxygen atoms in total. The van der Waals surface area contributed by atoms with Gasteiger partial charge in [-0.3, -0.25) is 9.59 Å². The number of anilines is 1. The van der Waals surface area contributed by atoms with Crippen LogP contribution in [-0.4, -0.2) is 34.4 Å². The molecular weight excluding hydrogens is 419 g/mol. The lowest BCUT2D eigenvalue weighted by Gasteiger charge is -2.36. The zero-order chi connectivity index (χ0) is 22.3. The summed E-state index contributed by atoms with van der Waals surface area (Å²) in [7, 11) is 0. The lowest BCUT2D eigenvalue weighted by atomic mass is 9.71. The van der Waals surface area contributed by atoms with E-state index in [9.17, 15) is 14.0 Å². The SMILES string of the molecule is Cc1cc(C)nc(C(=O)N[C@H]2CC[C@@]3(CCN(c4cc(C)c(F)cc4Cl)C3=O)CC2)n1. The van der Waals surface area contributed by atoms with Gasteiger partial charge in [-0.05, 0) is 76.6 Å². The first kappa shape index (κ1) is 21.7. The number of rotatable bonds is 3. The van der Waals surface area contributed by atoms with Crippen molar-refractivity contribution in [1.82, 2.24) is 15.3 Å². The van der Waals surface area contributed by atoms with Crippen molar-refractivity contribution >= 4 is 29.1 Å². The van der Waals surface area contributed by atoms with E-state index >= 15 is 0 Å². The highest BCUT2D eigenvalue weighted by Gasteiger charge is 2.49. The first-order valence-corrected chi connectivity index (χ1v) is 11.0. The van der Waals surface area contributed by atoms with Crippen LogP contribution < -0.4 is 10.2 Å². The fourth-order valence-electron chi connectivity index (χ4n) is 4.76. The van der Waals surface area contributed by atoms with Crippen molar-refractivity contribution < 1.29 is 14.0 Å². The van der Waals surface area contributed by atoms with Gasteiger partial charge in [0.25, 0.3) is 5.91 Å². The van der Waals surface area contributed by atoms with Crippen LogP contribution >= 0.6 is 11.6 Å². The van der Waals surface area contributed by atoms with Crippen LogP contribution in [0.15, 0.2) is 18.2 Å². The highest BCUT2D eigenvalue weighted by Crippen LogP contribution is 2.47. The van der Waals surface area contributed by atoms with Crippen LogP contribution in [0.25, 0.3) is 0 Å². The van der Waals surface area contributed by atoms with Gasteiger partial charge in [-0.25, -0.2) is 14.4 Å². The van der Waals surface area contributed by atoms with E-state index in [0.717, 1.165) is 17.8 Å². The number of carbonyl (C=O) groups is 2.